The number of nitrogens with zero attached hydrogens (tertiary/aromatic N) is 2. The van der Waals surface area contributed by atoms with Gasteiger partial charge in [0, 0.05) is 22.2 Å². The summed E-state index contributed by atoms with van der Waals surface area (Å²) in [6, 6.07) is 9.36. The Morgan fingerprint density at radius 1 is 1.00 bits per heavy atom. The van der Waals surface area contributed by atoms with E-state index in [1.165, 1.54) is 6.07 Å². The van der Waals surface area contributed by atoms with Gasteiger partial charge >= 0.3 is 6.18 Å². The summed E-state index contributed by atoms with van der Waals surface area (Å²) in [5, 5.41) is 0.748. The fraction of sp³-hybridized carbons (Fsp3) is 0.300. The number of rotatable bonds is 7. The molecular formula is C20H21Cl2F3N2OS. The van der Waals surface area contributed by atoms with E-state index in [0.29, 0.717) is 12.1 Å². The largest absolute Gasteiger partial charge is 0.492 e. The molecule has 9 heteroatoms. The summed E-state index contributed by atoms with van der Waals surface area (Å²) in [4.78, 5) is 9.19. The third-order valence-electron chi connectivity index (χ3n) is 3.98. The van der Waals surface area contributed by atoms with Crippen LogP contribution in [0.15, 0.2) is 53.7 Å². The Bertz CT molecular complexity index is 908. The molecule has 0 bridgehead atoms. The van der Waals surface area contributed by atoms with Crippen molar-refractivity contribution < 1.29 is 17.9 Å². The van der Waals surface area contributed by atoms with E-state index in [9.17, 15) is 13.2 Å². The molecular weight excluding hydrogens is 444 g/mol. The van der Waals surface area contributed by atoms with Crippen molar-refractivity contribution in [3.63, 3.8) is 0 Å². The van der Waals surface area contributed by atoms with E-state index in [4.69, 9.17) is 4.74 Å². The van der Waals surface area contributed by atoms with Gasteiger partial charge in [0.1, 0.15) is 5.75 Å². The second-order valence-corrected chi connectivity index (χ2v) is 7.21. The van der Waals surface area contributed by atoms with Crippen LogP contribution < -0.4 is 4.74 Å². The quantitative estimate of drug-likeness (QED) is 0.286. The van der Waals surface area contributed by atoms with Gasteiger partial charge in [0.15, 0.2) is 0 Å². The Kier molecular flexibility index (Phi) is 10.0. The zero-order valence-electron chi connectivity index (χ0n) is 15.6. The van der Waals surface area contributed by atoms with Crippen LogP contribution in [0.4, 0.5) is 13.2 Å². The molecule has 0 saturated carbocycles. The number of aryl methyl sites for hydroxylation is 1. The number of ether oxygens (including phenoxy) is 1. The van der Waals surface area contributed by atoms with Crippen molar-refractivity contribution in [2.24, 2.45) is 0 Å². The van der Waals surface area contributed by atoms with Crippen LogP contribution in [0, 0.1) is 6.92 Å². The molecule has 0 N–H and O–H groups in total. The highest BCUT2D eigenvalue weighted by molar-refractivity contribution is 7.99. The van der Waals surface area contributed by atoms with Crippen LogP contribution in [-0.4, -0.2) is 22.3 Å². The number of halogens is 5. The highest BCUT2D eigenvalue weighted by Crippen LogP contribution is 2.33. The van der Waals surface area contributed by atoms with E-state index < -0.39 is 11.7 Å². The first-order valence-corrected chi connectivity index (χ1v) is 9.56. The highest BCUT2D eigenvalue weighted by Gasteiger charge is 2.30. The van der Waals surface area contributed by atoms with Crippen molar-refractivity contribution in [2.45, 2.75) is 30.8 Å². The molecule has 3 aromatic rings. The molecule has 2 heterocycles. The number of pyridine rings is 2. The fourth-order valence-electron chi connectivity index (χ4n) is 2.54. The predicted octanol–water partition coefficient (Wildman–Crippen LogP) is 6.75. The monoisotopic (exact) mass is 464 g/mol. The lowest BCUT2D eigenvalue weighted by molar-refractivity contribution is -0.137. The van der Waals surface area contributed by atoms with Gasteiger partial charge < -0.3 is 4.74 Å². The van der Waals surface area contributed by atoms with E-state index in [2.05, 4.69) is 9.97 Å². The lowest BCUT2D eigenvalue weighted by Crippen LogP contribution is -2.04. The molecule has 3 rings (SSSR count). The molecule has 2 aromatic heterocycles. The first-order valence-electron chi connectivity index (χ1n) is 8.58. The lowest BCUT2D eigenvalue weighted by atomic mass is 10.1. The molecule has 3 nitrogen and oxygen atoms in total. The lowest BCUT2D eigenvalue weighted by Gasteiger charge is -2.10. The third kappa shape index (κ3) is 7.24. The van der Waals surface area contributed by atoms with Crippen LogP contribution in [0.25, 0.3) is 10.9 Å². The molecule has 0 amide bonds. The van der Waals surface area contributed by atoms with Crippen LogP contribution in [0.2, 0.25) is 0 Å². The Labute approximate surface area is 184 Å². The van der Waals surface area contributed by atoms with Crippen molar-refractivity contribution in [1.82, 2.24) is 9.97 Å². The van der Waals surface area contributed by atoms with E-state index in [1.54, 1.807) is 24.2 Å². The molecule has 158 valence electrons. The summed E-state index contributed by atoms with van der Waals surface area (Å²) in [5.41, 5.74) is 0.642. The van der Waals surface area contributed by atoms with Gasteiger partial charge in [-0.3, -0.25) is 9.97 Å². The first-order chi connectivity index (χ1) is 12.9. The van der Waals surface area contributed by atoms with Crippen molar-refractivity contribution in [3.05, 3.63) is 60.0 Å². The van der Waals surface area contributed by atoms with E-state index in [0.717, 1.165) is 52.5 Å². The summed E-state index contributed by atoms with van der Waals surface area (Å²) in [6.07, 6.45) is 0.739. The topological polar surface area (TPSA) is 35.0 Å². The third-order valence-corrected chi connectivity index (χ3v) is 5.14. The maximum atomic E-state index is 12.8. The number of alkyl halides is 3. The summed E-state index contributed by atoms with van der Waals surface area (Å²) in [6.45, 7) is 2.53. The summed E-state index contributed by atoms with van der Waals surface area (Å²) in [5.74, 6) is 1.61. The molecule has 0 unspecified atom stereocenters. The minimum Gasteiger partial charge on any atom is -0.492 e. The molecule has 0 atom stereocenters. The van der Waals surface area contributed by atoms with Gasteiger partial charge in [-0.1, -0.05) is 6.07 Å². The maximum absolute atomic E-state index is 12.8. The van der Waals surface area contributed by atoms with Gasteiger partial charge in [0.25, 0.3) is 0 Å². The maximum Gasteiger partial charge on any atom is 0.416 e. The summed E-state index contributed by atoms with van der Waals surface area (Å²) >= 11 is 1.62. The van der Waals surface area contributed by atoms with Gasteiger partial charge in [-0.05, 0) is 55.9 Å². The molecule has 0 saturated heterocycles. The van der Waals surface area contributed by atoms with Gasteiger partial charge in [0.2, 0.25) is 0 Å². The average molecular weight is 465 g/mol. The Morgan fingerprint density at radius 3 is 2.48 bits per heavy atom. The molecule has 0 fully saturated rings. The summed E-state index contributed by atoms with van der Waals surface area (Å²) < 4.78 is 44.1. The van der Waals surface area contributed by atoms with Gasteiger partial charge in [0.05, 0.1) is 23.9 Å². The van der Waals surface area contributed by atoms with Gasteiger partial charge in [-0.2, -0.15) is 13.2 Å². The standard InChI is InChI=1S/C20H19F3N2OS.2ClH/c1-14-4-6-16(13-25-14)26-10-2-3-11-27-19-8-9-24-18-12-15(20(21,22)23)5-7-17(18)19;;/h4-9,12-13H,2-3,10-11H2,1H3;2*1H. The number of hydrogen-bond donors (Lipinski definition) is 0. The molecule has 0 aliphatic rings. The molecule has 0 aliphatic heterocycles. The van der Waals surface area contributed by atoms with Crippen molar-refractivity contribution in [2.75, 3.05) is 12.4 Å². The normalized spacial score (nSPS) is 10.9. The Balaban J connectivity index is 0.00000210. The molecule has 0 spiro atoms. The van der Waals surface area contributed by atoms with E-state index >= 15 is 0 Å². The summed E-state index contributed by atoms with van der Waals surface area (Å²) in [7, 11) is 0. The number of fused-ring (bicyclic) bond motifs is 1. The second-order valence-electron chi connectivity index (χ2n) is 6.08. The minimum atomic E-state index is -4.36. The number of thioether (sulfide) groups is 1. The second kappa shape index (κ2) is 11.5. The van der Waals surface area contributed by atoms with Crippen LogP contribution in [0.3, 0.4) is 0 Å². The minimum absolute atomic E-state index is 0. The van der Waals surface area contributed by atoms with Crippen molar-refractivity contribution in [3.8, 4) is 5.75 Å². The number of unbranched alkanes of at least 4 members (excludes halogenated alkanes) is 1. The van der Waals surface area contributed by atoms with Crippen molar-refractivity contribution >= 4 is 47.5 Å². The van der Waals surface area contributed by atoms with Crippen LogP contribution in [-0.2, 0) is 6.18 Å². The first kappa shape index (κ1) is 25.3. The Morgan fingerprint density at radius 2 is 1.79 bits per heavy atom. The van der Waals surface area contributed by atoms with E-state index in [1.807, 2.05) is 25.1 Å². The SMILES string of the molecule is Cc1ccc(OCCCCSc2ccnc3cc(C(F)(F)F)ccc23)cn1.Cl.Cl. The Hall–Kier alpha value is -1.70. The predicted molar refractivity (Wildman–Crippen MR) is 116 cm³/mol. The van der Waals surface area contributed by atoms with E-state index in [-0.39, 0.29) is 24.8 Å². The van der Waals surface area contributed by atoms with Crippen LogP contribution in [0.5, 0.6) is 5.75 Å². The van der Waals surface area contributed by atoms with Gasteiger partial charge in [-0.25, -0.2) is 0 Å². The van der Waals surface area contributed by atoms with Crippen LogP contribution in [0.1, 0.15) is 24.1 Å². The average Bonchev–Trinajstić information content (AvgIpc) is 2.65. The fourth-order valence-corrected chi connectivity index (χ4v) is 3.59. The smallest absolute Gasteiger partial charge is 0.416 e. The molecule has 0 aliphatic carbocycles. The van der Waals surface area contributed by atoms with Crippen LogP contribution >= 0.6 is 36.6 Å². The number of aromatic nitrogens is 2. The molecule has 1 aromatic carbocycles. The molecule has 29 heavy (non-hydrogen) atoms. The molecule has 0 radical (unpaired) electrons. The highest BCUT2D eigenvalue weighted by atomic mass is 35.5. The number of hydrogen-bond acceptors (Lipinski definition) is 4. The zero-order valence-corrected chi connectivity index (χ0v) is 18.1. The zero-order chi connectivity index (χ0) is 19.3. The number of benzene rings is 1. The van der Waals surface area contributed by atoms with Gasteiger partial charge in [-0.15, -0.1) is 36.6 Å². The van der Waals surface area contributed by atoms with Crippen molar-refractivity contribution in [1.29, 1.82) is 0 Å².